The van der Waals surface area contributed by atoms with E-state index in [9.17, 15) is 5.26 Å². The molecule has 2 fully saturated rings. The molecular weight excluding hydrogens is 222 g/mol. The van der Waals surface area contributed by atoms with Crippen LogP contribution in [0.4, 0.5) is 0 Å². The van der Waals surface area contributed by atoms with Crippen LogP contribution >= 0.6 is 0 Å². The summed E-state index contributed by atoms with van der Waals surface area (Å²) in [5.74, 6) is 0. The molecule has 0 aromatic heterocycles. The van der Waals surface area contributed by atoms with Gasteiger partial charge in [-0.2, -0.15) is 5.26 Å². The maximum atomic E-state index is 9.51. The fourth-order valence-electron chi connectivity index (χ4n) is 3.84. The lowest BCUT2D eigenvalue weighted by Crippen LogP contribution is -2.53. The maximum absolute atomic E-state index is 9.51. The summed E-state index contributed by atoms with van der Waals surface area (Å²) in [7, 11) is 2.28. The number of hydrogen-bond donors (Lipinski definition) is 1. The van der Waals surface area contributed by atoms with Crippen molar-refractivity contribution >= 4 is 0 Å². The Kier molecular flexibility index (Phi) is 4.64. The van der Waals surface area contributed by atoms with E-state index in [2.05, 4.69) is 30.3 Å². The van der Waals surface area contributed by atoms with E-state index in [1.807, 2.05) is 0 Å². The third kappa shape index (κ3) is 2.87. The summed E-state index contributed by atoms with van der Waals surface area (Å²) in [6, 6.07) is 3.92. The minimum atomic E-state index is -0.259. The Morgan fingerprint density at radius 2 is 1.89 bits per heavy atom. The molecular formula is C15H27N3. The zero-order chi connectivity index (χ0) is 13.0. The van der Waals surface area contributed by atoms with E-state index in [4.69, 9.17) is 0 Å². The first-order chi connectivity index (χ1) is 8.71. The van der Waals surface area contributed by atoms with Crippen molar-refractivity contribution in [3.8, 4) is 6.07 Å². The molecule has 0 heterocycles. The molecule has 0 aromatic carbocycles. The van der Waals surface area contributed by atoms with E-state index in [1.54, 1.807) is 0 Å². The maximum Gasteiger partial charge on any atom is 0.108 e. The molecule has 2 aliphatic carbocycles. The Morgan fingerprint density at radius 1 is 1.22 bits per heavy atom. The first-order valence-corrected chi connectivity index (χ1v) is 7.59. The molecule has 102 valence electrons. The summed E-state index contributed by atoms with van der Waals surface area (Å²) in [6.45, 7) is 3.00. The quantitative estimate of drug-likeness (QED) is 0.832. The van der Waals surface area contributed by atoms with Crippen LogP contribution < -0.4 is 5.32 Å². The molecule has 2 saturated carbocycles. The van der Waals surface area contributed by atoms with Crippen molar-refractivity contribution in [2.45, 2.75) is 75.9 Å². The summed E-state index contributed by atoms with van der Waals surface area (Å²) in [5.41, 5.74) is -0.259. The van der Waals surface area contributed by atoms with Crippen LogP contribution in [-0.4, -0.2) is 36.1 Å². The summed E-state index contributed by atoms with van der Waals surface area (Å²) < 4.78 is 0. The van der Waals surface area contributed by atoms with Gasteiger partial charge in [0.2, 0.25) is 0 Å². The second-order valence-electron chi connectivity index (χ2n) is 6.08. The third-order valence-electron chi connectivity index (χ3n) is 4.93. The molecule has 2 unspecified atom stereocenters. The van der Waals surface area contributed by atoms with E-state index >= 15 is 0 Å². The Labute approximate surface area is 112 Å². The van der Waals surface area contributed by atoms with E-state index in [0.29, 0.717) is 6.04 Å². The molecule has 0 spiro atoms. The van der Waals surface area contributed by atoms with Crippen molar-refractivity contribution in [2.24, 2.45) is 0 Å². The Morgan fingerprint density at radius 3 is 2.50 bits per heavy atom. The topological polar surface area (TPSA) is 39.1 Å². The molecule has 0 radical (unpaired) electrons. The summed E-state index contributed by atoms with van der Waals surface area (Å²) in [6.07, 6.45) is 9.96. The normalized spacial score (nSPS) is 33.8. The summed E-state index contributed by atoms with van der Waals surface area (Å²) in [5, 5.41) is 12.9. The molecule has 2 atom stereocenters. The first-order valence-electron chi connectivity index (χ1n) is 7.59. The fraction of sp³-hybridized carbons (Fsp3) is 0.933. The monoisotopic (exact) mass is 249 g/mol. The van der Waals surface area contributed by atoms with E-state index in [-0.39, 0.29) is 5.54 Å². The van der Waals surface area contributed by atoms with Gasteiger partial charge in [0.15, 0.2) is 0 Å². The van der Waals surface area contributed by atoms with Crippen LogP contribution in [0.15, 0.2) is 0 Å². The summed E-state index contributed by atoms with van der Waals surface area (Å²) >= 11 is 0. The third-order valence-corrected chi connectivity index (χ3v) is 4.93. The van der Waals surface area contributed by atoms with Crippen LogP contribution in [0, 0.1) is 11.3 Å². The largest absolute Gasteiger partial charge is 0.300 e. The Bertz CT molecular complexity index is 299. The predicted molar refractivity (Wildman–Crippen MR) is 74.3 cm³/mol. The Hall–Kier alpha value is -0.590. The molecule has 3 nitrogen and oxygen atoms in total. The van der Waals surface area contributed by atoms with Gasteiger partial charge in [-0.3, -0.25) is 5.32 Å². The second kappa shape index (κ2) is 6.04. The smallest absolute Gasteiger partial charge is 0.108 e. The highest BCUT2D eigenvalue weighted by molar-refractivity contribution is 5.11. The van der Waals surface area contributed by atoms with E-state index < -0.39 is 0 Å². The molecule has 2 aliphatic rings. The lowest BCUT2D eigenvalue weighted by atomic mass is 9.79. The van der Waals surface area contributed by atoms with Crippen LogP contribution in [0.5, 0.6) is 0 Å². The highest BCUT2D eigenvalue weighted by Crippen LogP contribution is 2.34. The zero-order valence-electron chi connectivity index (χ0n) is 11.9. The molecule has 0 aromatic rings. The average molecular weight is 249 g/mol. The van der Waals surface area contributed by atoms with Gasteiger partial charge in [-0.25, -0.2) is 0 Å². The number of nitrogens with zero attached hydrogens (tertiary/aromatic N) is 2. The molecule has 0 amide bonds. The standard InChI is InChI=1S/C15H27N3/c1-3-17-15(12-16)10-6-9-14(11-15)18(2)13-7-4-5-8-13/h13-14,17H,3-11H2,1-2H3. The van der Waals surface area contributed by atoms with Crippen LogP contribution in [-0.2, 0) is 0 Å². The minimum absolute atomic E-state index is 0.259. The van der Waals surface area contributed by atoms with Gasteiger partial charge in [0, 0.05) is 12.1 Å². The van der Waals surface area contributed by atoms with Gasteiger partial charge in [0.25, 0.3) is 0 Å². The van der Waals surface area contributed by atoms with Gasteiger partial charge in [-0.1, -0.05) is 19.8 Å². The second-order valence-corrected chi connectivity index (χ2v) is 6.08. The van der Waals surface area contributed by atoms with E-state index in [0.717, 1.165) is 25.4 Å². The highest BCUT2D eigenvalue weighted by atomic mass is 15.2. The van der Waals surface area contributed by atoms with Gasteiger partial charge in [-0.15, -0.1) is 0 Å². The van der Waals surface area contributed by atoms with E-state index in [1.165, 1.54) is 38.5 Å². The van der Waals surface area contributed by atoms with Gasteiger partial charge in [0.1, 0.15) is 5.54 Å². The number of nitriles is 1. The first kappa shape index (κ1) is 13.8. The molecule has 0 saturated heterocycles. The van der Waals surface area contributed by atoms with Crippen LogP contribution in [0.3, 0.4) is 0 Å². The fourth-order valence-corrected chi connectivity index (χ4v) is 3.84. The molecule has 1 N–H and O–H groups in total. The molecule has 0 bridgehead atoms. The van der Waals surface area contributed by atoms with Crippen LogP contribution in [0.2, 0.25) is 0 Å². The lowest BCUT2D eigenvalue weighted by molar-refractivity contribution is 0.108. The lowest BCUT2D eigenvalue weighted by Gasteiger charge is -2.42. The SMILES string of the molecule is CCNC1(C#N)CCCC(N(C)C2CCCC2)C1. The van der Waals surface area contributed by atoms with Gasteiger partial charge in [0.05, 0.1) is 6.07 Å². The summed E-state index contributed by atoms with van der Waals surface area (Å²) in [4.78, 5) is 2.58. The zero-order valence-corrected chi connectivity index (χ0v) is 11.9. The van der Waals surface area contributed by atoms with Crippen molar-refractivity contribution < 1.29 is 0 Å². The van der Waals surface area contributed by atoms with Crippen LogP contribution in [0.1, 0.15) is 58.3 Å². The molecule has 0 aliphatic heterocycles. The molecule has 3 heteroatoms. The number of rotatable bonds is 4. The van der Waals surface area contributed by atoms with Gasteiger partial charge < -0.3 is 4.90 Å². The van der Waals surface area contributed by atoms with Crippen molar-refractivity contribution in [3.63, 3.8) is 0 Å². The van der Waals surface area contributed by atoms with Gasteiger partial charge in [-0.05, 0) is 52.1 Å². The van der Waals surface area contributed by atoms with Crippen molar-refractivity contribution in [1.29, 1.82) is 5.26 Å². The van der Waals surface area contributed by atoms with Crippen LogP contribution in [0.25, 0.3) is 0 Å². The van der Waals surface area contributed by atoms with Crippen molar-refractivity contribution in [2.75, 3.05) is 13.6 Å². The number of nitrogens with one attached hydrogen (secondary N) is 1. The van der Waals surface area contributed by atoms with Crippen molar-refractivity contribution in [3.05, 3.63) is 0 Å². The van der Waals surface area contributed by atoms with Gasteiger partial charge >= 0.3 is 0 Å². The predicted octanol–water partition coefficient (Wildman–Crippen LogP) is 2.68. The Balaban J connectivity index is 1.99. The molecule has 2 rings (SSSR count). The highest BCUT2D eigenvalue weighted by Gasteiger charge is 2.38. The van der Waals surface area contributed by atoms with Crippen molar-refractivity contribution in [1.82, 2.24) is 10.2 Å². The minimum Gasteiger partial charge on any atom is -0.300 e. The molecule has 18 heavy (non-hydrogen) atoms. The number of hydrogen-bond acceptors (Lipinski definition) is 3. The average Bonchev–Trinajstić information content (AvgIpc) is 2.92.